The molecule has 1 aromatic heterocycles. The van der Waals surface area contributed by atoms with E-state index in [1.54, 1.807) is 18.2 Å². The van der Waals surface area contributed by atoms with Gasteiger partial charge in [0.25, 0.3) is 0 Å². The highest BCUT2D eigenvalue weighted by molar-refractivity contribution is 9.10. The summed E-state index contributed by atoms with van der Waals surface area (Å²) in [6, 6.07) is 6.58. The van der Waals surface area contributed by atoms with Gasteiger partial charge in [0.15, 0.2) is 9.84 Å². The van der Waals surface area contributed by atoms with Gasteiger partial charge in [-0.1, -0.05) is 15.9 Å². The number of hydrogen-bond acceptors (Lipinski definition) is 5. The minimum atomic E-state index is -3.54. The number of sulfone groups is 1. The molecule has 0 bridgehead atoms. The van der Waals surface area contributed by atoms with Gasteiger partial charge in [-0.2, -0.15) is 0 Å². The van der Waals surface area contributed by atoms with Gasteiger partial charge >= 0.3 is 0 Å². The third-order valence-corrected chi connectivity index (χ3v) is 5.25. The van der Waals surface area contributed by atoms with E-state index in [2.05, 4.69) is 20.9 Å². The molecule has 0 fully saturated rings. The van der Waals surface area contributed by atoms with E-state index < -0.39 is 9.84 Å². The SMILES string of the molecule is COc1ccc(Br)c(CS(=O)(=O)c2ccncc2N)c1. The van der Waals surface area contributed by atoms with E-state index in [4.69, 9.17) is 10.5 Å². The maximum absolute atomic E-state index is 12.4. The Kier molecular flexibility index (Phi) is 4.29. The van der Waals surface area contributed by atoms with Crippen LogP contribution in [0.4, 0.5) is 5.69 Å². The molecule has 2 aromatic rings. The van der Waals surface area contributed by atoms with Crippen molar-refractivity contribution in [3.63, 3.8) is 0 Å². The van der Waals surface area contributed by atoms with Crippen molar-refractivity contribution in [2.45, 2.75) is 10.6 Å². The number of benzene rings is 1. The van der Waals surface area contributed by atoms with Crippen molar-refractivity contribution in [3.8, 4) is 5.75 Å². The quantitative estimate of drug-likeness (QED) is 0.909. The number of rotatable bonds is 4. The molecule has 0 saturated heterocycles. The van der Waals surface area contributed by atoms with Crippen molar-refractivity contribution in [2.75, 3.05) is 12.8 Å². The summed E-state index contributed by atoms with van der Waals surface area (Å²) in [5.41, 5.74) is 6.43. The van der Waals surface area contributed by atoms with Crippen molar-refractivity contribution in [3.05, 3.63) is 46.7 Å². The number of pyridine rings is 1. The summed E-state index contributed by atoms with van der Waals surface area (Å²) in [7, 11) is -2.01. The maximum atomic E-state index is 12.4. The van der Waals surface area contributed by atoms with E-state index in [0.717, 1.165) is 0 Å². The molecule has 0 spiro atoms. The van der Waals surface area contributed by atoms with Crippen LogP contribution in [0.3, 0.4) is 0 Å². The Bertz CT molecular complexity index is 732. The number of hydrogen-bond donors (Lipinski definition) is 1. The second kappa shape index (κ2) is 5.80. The summed E-state index contributed by atoms with van der Waals surface area (Å²) in [5, 5.41) is 0. The molecule has 7 heteroatoms. The first-order valence-corrected chi connectivity index (χ1v) is 8.13. The fourth-order valence-corrected chi connectivity index (χ4v) is 3.80. The van der Waals surface area contributed by atoms with Crippen LogP contribution >= 0.6 is 15.9 Å². The van der Waals surface area contributed by atoms with E-state index >= 15 is 0 Å². The van der Waals surface area contributed by atoms with Crippen LogP contribution in [-0.4, -0.2) is 20.5 Å². The van der Waals surface area contributed by atoms with E-state index in [1.165, 1.54) is 25.6 Å². The molecule has 1 heterocycles. The highest BCUT2D eigenvalue weighted by Gasteiger charge is 2.20. The molecule has 1 aromatic carbocycles. The topological polar surface area (TPSA) is 82.3 Å². The highest BCUT2D eigenvalue weighted by atomic mass is 79.9. The normalized spacial score (nSPS) is 11.3. The van der Waals surface area contributed by atoms with Crippen molar-refractivity contribution in [1.82, 2.24) is 4.98 Å². The molecule has 20 heavy (non-hydrogen) atoms. The predicted octanol–water partition coefficient (Wildman–Crippen LogP) is 2.41. The monoisotopic (exact) mass is 356 g/mol. The van der Waals surface area contributed by atoms with Gasteiger partial charge in [0.1, 0.15) is 5.75 Å². The Morgan fingerprint density at radius 2 is 2.10 bits per heavy atom. The number of nitrogens with two attached hydrogens (primary N) is 1. The first-order chi connectivity index (χ1) is 9.44. The van der Waals surface area contributed by atoms with Crippen molar-refractivity contribution >= 4 is 31.5 Å². The van der Waals surface area contributed by atoms with Gasteiger partial charge in [0, 0.05) is 10.7 Å². The molecule has 0 atom stereocenters. The molecule has 0 aliphatic heterocycles. The molecule has 0 aliphatic carbocycles. The third-order valence-electron chi connectivity index (χ3n) is 2.74. The lowest BCUT2D eigenvalue weighted by atomic mass is 10.2. The number of nitrogen functional groups attached to an aromatic ring is 1. The van der Waals surface area contributed by atoms with E-state index in [1.807, 2.05) is 0 Å². The predicted molar refractivity (Wildman–Crippen MR) is 80.2 cm³/mol. The minimum Gasteiger partial charge on any atom is -0.497 e. The summed E-state index contributed by atoms with van der Waals surface area (Å²) in [6.45, 7) is 0. The zero-order valence-electron chi connectivity index (χ0n) is 10.7. The summed E-state index contributed by atoms with van der Waals surface area (Å²) in [4.78, 5) is 3.88. The Morgan fingerprint density at radius 3 is 2.75 bits per heavy atom. The van der Waals surface area contributed by atoms with E-state index in [-0.39, 0.29) is 16.3 Å². The average Bonchev–Trinajstić information content (AvgIpc) is 2.41. The van der Waals surface area contributed by atoms with Crippen molar-refractivity contribution in [2.24, 2.45) is 0 Å². The largest absolute Gasteiger partial charge is 0.497 e. The first-order valence-electron chi connectivity index (χ1n) is 5.68. The molecule has 0 aliphatic rings. The Morgan fingerprint density at radius 1 is 1.35 bits per heavy atom. The lowest BCUT2D eigenvalue weighted by Gasteiger charge is -2.10. The lowest BCUT2D eigenvalue weighted by molar-refractivity contribution is 0.414. The van der Waals surface area contributed by atoms with Crippen molar-refractivity contribution in [1.29, 1.82) is 0 Å². The van der Waals surface area contributed by atoms with Crippen LogP contribution in [0.15, 0.2) is 46.0 Å². The maximum Gasteiger partial charge on any atom is 0.184 e. The number of ether oxygens (including phenoxy) is 1. The van der Waals surface area contributed by atoms with Gasteiger partial charge < -0.3 is 10.5 Å². The van der Waals surface area contributed by atoms with Gasteiger partial charge in [0.05, 0.1) is 29.6 Å². The molecule has 0 unspecified atom stereocenters. The summed E-state index contributed by atoms with van der Waals surface area (Å²) < 4.78 is 30.6. The second-order valence-electron chi connectivity index (χ2n) is 4.13. The zero-order valence-corrected chi connectivity index (χ0v) is 13.1. The molecule has 2 rings (SSSR count). The summed E-state index contributed by atoms with van der Waals surface area (Å²) >= 11 is 3.34. The van der Waals surface area contributed by atoms with Crippen molar-refractivity contribution < 1.29 is 13.2 Å². The molecular weight excluding hydrogens is 344 g/mol. The number of nitrogens with zero attached hydrogens (tertiary/aromatic N) is 1. The Balaban J connectivity index is 2.41. The van der Waals surface area contributed by atoms with Crippen LogP contribution in [0.2, 0.25) is 0 Å². The van der Waals surface area contributed by atoms with Gasteiger partial charge in [-0.25, -0.2) is 8.42 Å². The molecule has 0 amide bonds. The third kappa shape index (κ3) is 3.10. The molecule has 2 N–H and O–H groups in total. The molecule has 0 saturated carbocycles. The molecule has 5 nitrogen and oxygen atoms in total. The molecule has 106 valence electrons. The van der Waals surface area contributed by atoms with Crippen LogP contribution in [0.5, 0.6) is 5.75 Å². The number of halogens is 1. The number of aromatic nitrogens is 1. The van der Waals surface area contributed by atoms with E-state index in [0.29, 0.717) is 15.8 Å². The smallest absolute Gasteiger partial charge is 0.184 e. The number of anilines is 1. The van der Waals surface area contributed by atoms with Crippen LogP contribution < -0.4 is 10.5 Å². The zero-order chi connectivity index (χ0) is 14.8. The van der Waals surface area contributed by atoms with Gasteiger partial charge in [-0.15, -0.1) is 0 Å². The fourth-order valence-electron chi connectivity index (χ4n) is 1.75. The fraction of sp³-hybridized carbons (Fsp3) is 0.154. The average molecular weight is 357 g/mol. The first kappa shape index (κ1) is 14.8. The van der Waals surface area contributed by atoms with Crippen LogP contribution in [0.1, 0.15) is 5.56 Å². The molecule has 0 radical (unpaired) electrons. The van der Waals surface area contributed by atoms with Crippen LogP contribution in [0, 0.1) is 0 Å². The number of methoxy groups -OCH3 is 1. The second-order valence-corrected chi connectivity index (χ2v) is 6.94. The lowest BCUT2D eigenvalue weighted by Crippen LogP contribution is -2.08. The highest BCUT2D eigenvalue weighted by Crippen LogP contribution is 2.28. The summed E-state index contributed by atoms with van der Waals surface area (Å²) in [5.74, 6) is 0.431. The van der Waals surface area contributed by atoms with Gasteiger partial charge in [0.2, 0.25) is 0 Å². The Labute approximate surface area is 125 Å². The minimum absolute atomic E-state index is 0.0854. The van der Waals surface area contributed by atoms with E-state index in [9.17, 15) is 8.42 Å². The van der Waals surface area contributed by atoms with Gasteiger partial charge in [-0.05, 0) is 29.8 Å². The Hall–Kier alpha value is -1.60. The standard InChI is InChI=1S/C13H13BrN2O3S/c1-19-10-2-3-11(14)9(6-10)8-20(17,18)13-4-5-16-7-12(13)15/h2-7H,8,15H2,1H3. The molecular formula is C13H13BrN2O3S. The van der Waals surface area contributed by atoms with Crippen LogP contribution in [0.25, 0.3) is 0 Å². The van der Waals surface area contributed by atoms with Gasteiger partial charge in [-0.3, -0.25) is 4.98 Å². The summed E-state index contributed by atoms with van der Waals surface area (Å²) in [6.07, 6.45) is 2.73. The van der Waals surface area contributed by atoms with Crippen LogP contribution in [-0.2, 0) is 15.6 Å².